The van der Waals surface area contributed by atoms with Crippen LogP contribution in [0.4, 0.5) is 34.1 Å². The van der Waals surface area contributed by atoms with Crippen molar-refractivity contribution in [2.45, 2.75) is 53.4 Å². The van der Waals surface area contributed by atoms with E-state index in [2.05, 4.69) is 197 Å². The Morgan fingerprint density at radius 3 is 1.06 bits per heavy atom. The number of anilines is 6. The molecule has 0 amide bonds. The van der Waals surface area contributed by atoms with Crippen molar-refractivity contribution in [3.05, 3.63) is 168 Å². The third-order valence-corrected chi connectivity index (χ3v) is 10.4. The third-order valence-electron chi connectivity index (χ3n) is 10.4. The van der Waals surface area contributed by atoms with Crippen LogP contribution in [0.25, 0.3) is 32.3 Å². The van der Waals surface area contributed by atoms with Crippen LogP contribution >= 0.6 is 0 Å². The van der Waals surface area contributed by atoms with E-state index in [9.17, 15) is 0 Å². The lowest BCUT2D eigenvalue weighted by atomic mass is 9.84. The molecule has 0 radical (unpaired) electrons. The number of benzene rings is 8. The van der Waals surface area contributed by atoms with Crippen molar-refractivity contribution < 1.29 is 0 Å². The fourth-order valence-electron chi connectivity index (χ4n) is 7.93. The molecule has 0 fully saturated rings. The number of rotatable bonds is 8. The van der Waals surface area contributed by atoms with E-state index in [1.807, 2.05) is 0 Å². The lowest BCUT2D eigenvalue weighted by Crippen LogP contribution is -2.14. The molecule has 246 valence electrons. The van der Waals surface area contributed by atoms with E-state index in [1.54, 1.807) is 0 Å². The molecular formula is C48H44N2. The molecule has 50 heavy (non-hydrogen) atoms. The molecule has 8 rings (SSSR count). The maximum absolute atomic E-state index is 2.47. The summed E-state index contributed by atoms with van der Waals surface area (Å²) in [6.07, 6.45) is 0. The van der Waals surface area contributed by atoms with Gasteiger partial charge in [0.05, 0.1) is 11.4 Å². The van der Waals surface area contributed by atoms with Gasteiger partial charge < -0.3 is 9.80 Å². The van der Waals surface area contributed by atoms with Crippen LogP contribution in [0.5, 0.6) is 0 Å². The quantitative estimate of drug-likeness (QED) is 0.151. The minimum Gasteiger partial charge on any atom is -0.310 e. The lowest BCUT2D eigenvalue weighted by Gasteiger charge is -2.32. The van der Waals surface area contributed by atoms with Gasteiger partial charge in [0.25, 0.3) is 0 Å². The maximum atomic E-state index is 2.47. The topological polar surface area (TPSA) is 6.48 Å². The largest absolute Gasteiger partial charge is 0.310 e. The van der Waals surface area contributed by atoms with Crippen molar-refractivity contribution >= 4 is 66.4 Å². The zero-order chi connectivity index (χ0) is 34.5. The summed E-state index contributed by atoms with van der Waals surface area (Å²) in [5.41, 5.74) is 12.4. The first-order valence-electron chi connectivity index (χ1n) is 17.9. The highest BCUT2D eigenvalue weighted by atomic mass is 15.2. The number of nitrogens with zero attached hydrogens (tertiary/aromatic N) is 2. The van der Waals surface area contributed by atoms with E-state index < -0.39 is 0 Å². The van der Waals surface area contributed by atoms with Gasteiger partial charge in [-0.05, 0) is 118 Å². The lowest BCUT2D eigenvalue weighted by molar-refractivity contribution is 0.875. The van der Waals surface area contributed by atoms with Crippen LogP contribution in [0.2, 0.25) is 0 Å². The van der Waals surface area contributed by atoms with Gasteiger partial charge in [-0.2, -0.15) is 0 Å². The second-order valence-corrected chi connectivity index (χ2v) is 14.3. The Bertz CT molecular complexity index is 2280. The highest BCUT2D eigenvalue weighted by Crippen LogP contribution is 2.51. The van der Waals surface area contributed by atoms with Gasteiger partial charge in [0.15, 0.2) is 0 Å². The first-order chi connectivity index (χ1) is 24.3. The van der Waals surface area contributed by atoms with Gasteiger partial charge >= 0.3 is 0 Å². The van der Waals surface area contributed by atoms with Gasteiger partial charge in [-0.3, -0.25) is 0 Å². The number of para-hydroxylation sites is 4. The van der Waals surface area contributed by atoms with Gasteiger partial charge in [0.1, 0.15) is 0 Å². The summed E-state index contributed by atoms with van der Waals surface area (Å²) in [5, 5.41) is 7.90. The van der Waals surface area contributed by atoms with E-state index in [0.717, 1.165) is 11.4 Å². The number of aryl methyl sites for hydroxylation is 2. The van der Waals surface area contributed by atoms with Crippen molar-refractivity contribution in [3.63, 3.8) is 0 Å². The van der Waals surface area contributed by atoms with Crippen molar-refractivity contribution in [1.29, 1.82) is 0 Å². The molecule has 0 spiro atoms. The molecule has 0 atom stereocenters. The summed E-state index contributed by atoms with van der Waals surface area (Å²) in [4.78, 5) is 4.95. The highest BCUT2D eigenvalue weighted by Gasteiger charge is 2.26. The molecule has 0 aliphatic rings. The molecule has 2 nitrogen and oxygen atoms in total. The monoisotopic (exact) mass is 648 g/mol. The molecule has 0 aromatic heterocycles. The Hall–Kier alpha value is -5.60. The summed E-state index contributed by atoms with van der Waals surface area (Å²) in [7, 11) is 0. The predicted octanol–water partition coefficient (Wildman–Crippen LogP) is 14.4. The molecule has 8 aromatic rings. The van der Waals surface area contributed by atoms with Crippen molar-refractivity contribution in [2.24, 2.45) is 0 Å². The van der Waals surface area contributed by atoms with Crippen LogP contribution in [0.15, 0.2) is 146 Å². The zero-order valence-corrected chi connectivity index (χ0v) is 29.9. The SMILES string of the molecule is Cc1ccccc1N(c1ccccc1)c1cc(C(C)C)c2ccc3c(N(c4ccccc4)c4ccccc4C)cc(C(C)C)c4ccc1c2c43. The van der Waals surface area contributed by atoms with Crippen LogP contribution in [-0.2, 0) is 0 Å². The van der Waals surface area contributed by atoms with Crippen LogP contribution in [0.1, 0.15) is 61.8 Å². The maximum Gasteiger partial charge on any atom is 0.0543 e. The normalized spacial score (nSPS) is 11.8. The van der Waals surface area contributed by atoms with Gasteiger partial charge in [-0.1, -0.05) is 125 Å². The Labute approximate surface area is 296 Å². The standard InChI is InChI=1S/C48H44N2/c1-31(2)41-29-45(49(35-19-9-7-10-20-35)43-23-15-13-17-33(43)5)39-28-26-38-42(32(3)4)30-46(40-27-25-37(41)47(39)48(38)40)50(36-21-11-8-12-22-36)44-24-16-14-18-34(44)6/h7-32H,1-6H3. The molecule has 0 saturated heterocycles. The first kappa shape index (κ1) is 31.7. The van der Waals surface area contributed by atoms with Crippen LogP contribution in [0, 0.1) is 13.8 Å². The molecule has 0 aliphatic heterocycles. The minimum atomic E-state index is 0.338. The molecule has 8 aromatic carbocycles. The Balaban J connectivity index is 1.54. The van der Waals surface area contributed by atoms with Crippen molar-refractivity contribution in [2.75, 3.05) is 9.80 Å². The second-order valence-electron chi connectivity index (χ2n) is 14.3. The smallest absolute Gasteiger partial charge is 0.0543 e. The fourth-order valence-corrected chi connectivity index (χ4v) is 7.93. The van der Waals surface area contributed by atoms with E-state index >= 15 is 0 Å². The Morgan fingerprint density at radius 2 is 0.700 bits per heavy atom. The van der Waals surface area contributed by atoms with E-state index in [4.69, 9.17) is 0 Å². The number of hydrogen-bond donors (Lipinski definition) is 0. The van der Waals surface area contributed by atoms with Crippen LogP contribution in [0.3, 0.4) is 0 Å². The molecule has 0 unspecified atom stereocenters. The molecule has 0 N–H and O–H groups in total. The van der Waals surface area contributed by atoms with E-state index in [1.165, 1.54) is 77.3 Å². The van der Waals surface area contributed by atoms with Gasteiger partial charge in [-0.15, -0.1) is 0 Å². The van der Waals surface area contributed by atoms with Crippen LogP contribution < -0.4 is 9.80 Å². The van der Waals surface area contributed by atoms with Crippen molar-refractivity contribution in [1.82, 2.24) is 0 Å². The Morgan fingerprint density at radius 1 is 0.360 bits per heavy atom. The molecule has 0 aliphatic carbocycles. The van der Waals surface area contributed by atoms with Crippen LogP contribution in [-0.4, -0.2) is 0 Å². The summed E-state index contributed by atoms with van der Waals surface area (Å²) in [5.74, 6) is 0.675. The average Bonchev–Trinajstić information content (AvgIpc) is 3.13. The summed E-state index contributed by atoms with van der Waals surface area (Å²) >= 11 is 0. The second kappa shape index (κ2) is 12.7. The third kappa shape index (κ3) is 5.18. The number of hydrogen-bond acceptors (Lipinski definition) is 2. The van der Waals surface area contributed by atoms with Gasteiger partial charge in [0, 0.05) is 33.5 Å². The molecule has 0 heterocycles. The van der Waals surface area contributed by atoms with Gasteiger partial charge in [0.2, 0.25) is 0 Å². The average molecular weight is 649 g/mol. The van der Waals surface area contributed by atoms with Gasteiger partial charge in [-0.25, -0.2) is 0 Å². The summed E-state index contributed by atoms with van der Waals surface area (Å²) in [6.45, 7) is 13.8. The molecule has 0 saturated carbocycles. The highest BCUT2D eigenvalue weighted by molar-refractivity contribution is 6.29. The molecular weight excluding hydrogens is 605 g/mol. The Kier molecular flexibility index (Phi) is 8.04. The fraction of sp³-hybridized carbons (Fsp3) is 0.167. The molecule has 2 heteroatoms. The minimum absolute atomic E-state index is 0.338. The van der Waals surface area contributed by atoms with E-state index in [0.29, 0.717) is 11.8 Å². The predicted molar refractivity (Wildman–Crippen MR) is 217 cm³/mol. The molecule has 0 bridgehead atoms. The zero-order valence-electron chi connectivity index (χ0n) is 29.9. The first-order valence-corrected chi connectivity index (χ1v) is 17.9. The van der Waals surface area contributed by atoms with E-state index in [-0.39, 0.29) is 0 Å². The van der Waals surface area contributed by atoms with Crippen molar-refractivity contribution in [3.8, 4) is 0 Å². The summed E-state index contributed by atoms with van der Waals surface area (Å²) < 4.78 is 0. The summed E-state index contributed by atoms with van der Waals surface area (Å²) in [6, 6.07) is 53.7.